The van der Waals surface area contributed by atoms with E-state index in [2.05, 4.69) is 5.32 Å². The fourth-order valence-corrected chi connectivity index (χ4v) is 2.25. The van der Waals surface area contributed by atoms with E-state index < -0.39 is 11.9 Å². The molecule has 27 heavy (non-hydrogen) atoms. The largest absolute Gasteiger partial charge is 0.496 e. The first-order valence-electron chi connectivity index (χ1n) is 8.29. The Morgan fingerprint density at radius 3 is 2.52 bits per heavy atom. The van der Waals surface area contributed by atoms with Crippen LogP contribution in [0.2, 0.25) is 0 Å². The predicted molar refractivity (Wildman–Crippen MR) is 97.3 cm³/mol. The normalized spacial score (nSPS) is 9.78. The molecule has 7 heteroatoms. The molecule has 0 aromatic heterocycles. The maximum atomic E-state index is 11.7. The van der Waals surface area contributed by atoms with E-state index >= 15 is 0 Å². The van der Waals surface area contributed by atoms with Gasteiger partial charge in [-0.15, -0.1) is 0 Å². The number of methoxy groups -OCH3 is 1. The summed E-state index contributed by atoms with van der Waals surface area (Å²) in [5, 5.41) is 11.4. The second-order valence-corrected chi connectivity index (χ2v) is 5.50. The minimum Gasteiger partial charge on any atom is -0.496 e. The number of amides is 1. The van der Waals surface area contributed by atoms with E-state index in [-0.39, 0.29) is 13.2 Å². The highest BCUT2D eigenvalue weighted by Crippen LogP contribution is 2.17. The standard InChI is InChI=1S/C20H20N2O5/c1-25-18-5-3-2-4-16(18)10-11-22-19(23)13-27-20(24)14-26-17-8-6-15(12-21)7-9-17/h2-9H,10-11,13-14H2,1H3,(H,22,23). The van der Waals surface area contributed by atoms with Gasteiger partial charge in [0.05, 0.1) is 18.7 Å². The van der Waals surface area contributed by atoms with Gasteiger partial charge in [-0.2, -0.15) is 5.26 Å². The zero-order valence-electron chi connectivity index (χ0n) is 14.9. The minimum atomic E-state index is -0.653. The van der Waals surface area contributed by atoms with Gasteiger partial charge >= 0.3 is 5.97 Å². The summed E-state index contributed by atoms with van der Waals surface area (Å²) in [7, 11) is 1.59. The summed E-state index contributed by atoms with van der Waals surface area (Å²) in [6.45, 7) is -0.291. The molecule has 0 bridgehead atoms. The van der Waals surface area contributed by atoms with Gasteiger partial charge in [0, 0.05) is 6.54 Å². The number of nitrogens with zero attached hydrogens (tertiary/aromatic N) is 1. The smallest absolute Gasteiger partial charge is 0.344 e. The number of para-hydroxylation sites is 1. The Kier molecular flexibility index (Phi) is 7.67. The van der Waals surface area contributed by atoms with E-state index in [1.54, 1.807) is 31.4 Å². The Morgan fingerprint density at radius 1 is 1.07 bits per heavy atom. The van der Waals surface area contributed by atoms with E-state index in [1.165, 1.54) is 0 Å². The lowest BCUT2D eigenvalue weighted by molar-refractivity contribution is -0.150. The molecule has 140 valence electrons. The van der Waals surface area contributed by atoms with E-state index in [0.717, 1.165) is 11.3 Å². The fraction of sp³-hybridized carbons (Fsp3) is 0.250. The molecule has 0 fully saturated rings. The molecule has 2 aromatic rings. The second-order valence-electron chi connectivity index (χ2n) is 5.50. The summed E-state index contributed by atoms with van der Waals surface area (Å²) in [6.07, 6.45) is 0.603. The van der Waals surface area contributed by atoms with Crippen LogP contribution in [0.5, 0.6) is 11.5 Å². The topological polar surface area (TPSA) is 97.7 Å². The van der Waals surface area contributed by atoms with Crippen LogP contribution in [0, 0.1) is 11.3 Å². The Labute approximate surface area is 157 Å². The first kappa shape index (κ1) is 19.8. The first-order chi connectivity index (χ1) is 13.1. The monoisotopic (exact) mass is 368 g/mol. The molecular weight excluding hydrogens is 348 g/mol. The highest BCUT2D eigenvalue weighted by Gasteiger charge is 2.09. The molecular formula is C20H20N2O5. The molecule has 0 aliphatic heterocycles. The van der Waals surface area contributed by atoms with Crippen molar-refractivity contribution in [3.63, 3.8) is 0 Å². The summed E-state index contributed by atoms with van der Waals surface area (Å²) in [5.74, 6) is 0.154. The Bertz CT molecular complexity index is 812. The molecule has 0 heterocycles. The number of esters is 1. The van der Waals surface area contributed by atoms with Crippen molar-refractivity contribution in [2.45, 2.75) is 6.42 Å². The number of carbonyl (C=O) groups excluding carboxylic acids is 2. The van der Waals surface area contributed by atoms with Crippen molar-refractivity contribution >= 4 is 11.9 Å². The van der Waals surface area contributed by atoms with Crippen molar-refractivity contribution in [1.29, 1.82) is 5.26 Å². The third-order valence-electron chi connectivity index (χ3n) is 3.61. The van der Waals surface area contributed by atoms with Gasteiger partial charge in [0.1, 0.15) is 11.5 Å². The fourth-order valence-electron chi connectivity index (χ4n) is 2.25. The van der Waals surface area contributed by atoms with Gasteiger partial charge in [0.2, 0.25) is 0 Å². The molecule has 2 rings (SSSR count). The minimum absolute atomic E-state index is 0.319. The lowest BCUT2D eigenvalue weighted by Crippen LogP contribution is -2.31. The lowest BCUT2D eigenvalue weighted by atomic mass is 10.1. The van der Waals surface area contributed by atoms with Crippen molar-refractivity contribution in [3.8, 4) is 17.6 Å². The summed E-state index contributed by atoms with van der Waals surface area (Å²) < 4.78 is 15.3. The predicted octanol–water partition coefficient (Wildman–Crippen LogP) is 1.85. The molecule has 7 nitrogen and oxygen atoms in total. The third kappa shape index (κ3) is 6.71. The average Bonchev–Trinajstić information content (AvgIpc) is 2.71. The third-order valence-corrected chi connectivity index (χ3v) is 3.61. The maximum absolute atomic E-state index is 11.7. The van der Waals surface area contributed by atoms with Crippen molar-refractivity contribution in [2.75, 3.05) is 26.9 Å². The number of benzene rings is 2. The number of carbonyl (C=O) groups is 2. The van der Waals surface area contributed by atoms with E-state index in [1.807, 2.05) is 30.3 Å². The average molecular weight is 368 g/mol. The molecule has 0 saturated carbocycles. The van der Waals surface area contributed by atoms with E-state index in [0.29, 0.717) is 24.3 Å². The van der Waals surface area contributed by atoms with E-state index in [4.69, 9.17) is 19.5 Å². The summed E-state index contributed by atoms with van der Waals surface area (Å²) in [4.78, 5) is 23.4. The van der Waals surface area contributed by atoms with Crippen LogP contribution < -0.4 is 14.8 Å². The molecule has 0 radical (unpaired) electrons. The number of hydrogen-bond donors (Lipinski definition) is 1. The first-order valence-corrected chi connectivity index (χ1v) is 8.29. The van der Waals surface area contributed by atoms with Crippen LogP contribution in [0.3, 0.4) is 0 Å². The highest BCUT2D eigenvalue weighted by molar-refractivity contribution is 5.80. The van der Waals surface area contributed by atoms with Crippen LogP contribution in [0.4, 0.5) is 0 Å². The van der Waals surface area contributed by atoms with Crippen molar-refractivity contribution in [1.82, 2.24) is 5.32 Å². The van der Waals surface area contributed by atoms with Gasteiger partial charge in [-0.05, 0) is 42.3 Å². The maximum Gasteiger partial charge on any atom is 0.344 e. The zero-order valence-corrected chi connectivity index (χ0v) is 14.9. The van der Waals surface area contributed by atoms with Crippen LogP contribution in [-0.2, 0) is 20.7 Å². The second kappa shape index (κ2) is 10.5. The number of rotatable bonds is 9. The number of nitrogens with one attached hydrogen (secondary N) is 1. The van der Waals surface area contributed by atoms with Crippen LogP contribution >= 0.6 is 0 Å². The van der Waals surface area contributed by atoms with Crippen LogP contribution in [0.15, 0.2) is 48.5 Å². The SMILES string of the molecule is COc1ccccc1CCNC(=O)COC(=O)COc1ccc(C#N)cc1. The van der Waals surface area contributed by atoms with Crippen LogP contribution in [-0.4, -0.2) is 38.7 Å². The van der Waals surface area contributed by atoms with Gasteiger partial charge in [-0.25, -0.2) is 4.79 Å². The molecule has 0 spiro atoms. The molecule has 0 aliphatic carbocycles. The van der Waals surface area contributed by atoms with Gasteiger partial charge in [-0.1, -0.05) is 18.2 Å². The van der Waals surface area contributed by atoms with Crippen molar-refractivity contribution in [3.05, 3.63) is 59.7 Å². The highest BCUT2D eigenvalue weighted by atomic mass is 16.6. The summed E-state index contributed by atoms with van der Waals surface area (Å²) >= 11 is 0. The quantitative estimate of drug-likeness (QED) is 0.679. The molecule has 0 atom stereocenters. The number of nitriles is 1. The molecule has 1 amide bonds. The van der Waals surface area contributed by atoms with Crippen molar-refractivity contribution < 1.29 is 23.8 Å². The molecule has 2 aromatic carbocycles. The van der Waals surface area contributed by atoms with Gasteiger partial charge < -0.3 is 19.5 Å². The van der Waals surface area contributed by atoms with Gasteiger partial charge in [0.25, 0.3) is 5.91 Å². The van der Waals surface area contributed by atoms with Crippen molar-refractivity contribution in [2.24, 2.45) is 0 Å². The molecule has 0 saturated heterocycles. The number of ether oxygens (including phenoxy) is 3. The molecule has 0 aliphatic rings. The number of hydrogen-bond acceptors (Lipinski definition) is 6. The van der Waals surface area contributed by atoms with Crippen LogP contribution in [0.25, 0.3) is 0 Å². The van der Waals surface area contributed by atoms with Gasteiger partial charge in [-0.3, -0.25) is 4.79 Å². The Morgan fingerprint density at radius 2 is 1.81 bits per heavy atom. The lowest BCUT2D eigenvalue weighted by Gasteiger charge is -2.10. The Hall–Kier alpha value is -3.53. The molecule has 1 N–H and O–H groups in total. The van der Waals surface area contributed by atoms with E-state index in [9.17, 15) is 9.59 Å². The summed E-state index contributed by atoms with van der Waals surface area (Å²) in [6, 6.07) is 15.9. The van der Waals surface area contributed by atoms with Gasteiger partial charge in [0.15, 0.2) is 13.2 Å². The summed E-state index contributed by atoms with van der Waals surface area (Å²) in [5.41, 5.74) is 1.47. The van der Waals surface area contributed by atoms with Crippen LogP contribution in [0.1, 0.15) is 11.1 Å². The zero-order chi connectivity index (χ0) is 19.5. The Balaban J connectivity index is 1.64. The molecule has 0 unspecified atom stereocenters.